The number of ether oxygens (including phenoxy) is 1. The Balaban J connectivity index is 1.60. The molecule has 0 radical (unpaired) electrons. The van der Waals surface area contributed by atoms with Gasteiger partial charge in [0.15, 0.2) is 0 Å². The Hall–Kier alpha value is -1.92. The molecule has 0 atom stereocenters. The summed E-state index contributed by atoms with van der Waals surface area (Å²) in [4.78, 5) is 24.2. The molecule has 2 N–H and O–H groups in total. The molecule has 0 amide bonds. The van der Waals surface area contributed by atoms with Gasteiger partial charge in [-0.25, -0.2) is 0 Å². The first-order chi connectivity index (χ1) is 10.6. The zero-order chi connectivity index (χ0) is 15.8. The smallest absolute Gasteiger partial charge is 0.320 e. The molecule has 1 aliphatic heterocycles. The van der Waals surface area contributed by atoms with Crippen LogP contribution >= 0.6 is 0 Å². The van der Waals surface area contributed by atoms with Gasteiger partial charge in [-0.15, -0.1) is 0 Å². The number of benzene rings is 1. The molecule has 0 spiro atoms. The number of carbonyl (C=O) groups excluding carboxylic acids is 1. The van der Waals surface area contributed by atoms with E-state index in [0.717, 1.165) is 31.5 Å². The van der Waals surface area contributed by atoms with E-state index in [1.807, 2.05) is 35.2 Å². The van der Waals surface area contributed by atoms with Crippen molar-refractivity contribution in [3.05, 3.63) is 35.9 Å². The van der Waals surface area contributed by atoms with Gasteiger partial charge in [0.1, 0.15) is 6.61 Å². The number of likely N-dealkylation sites (tertiary alicyclic amines) is 1. The van der Waals surface area contributed by atoms with Crippen molar-refractivity contribution in [1.29, 1.82) is 0 Å². The molecule has 0 aliphatic carbocycles. The summed E-state index contributed by atoms with van der Waals surface area (Å²) in [6.07, 6.45) is 1.69. The first-order valence-electron chi connectivity index (χ1n) is 7.50. The number of carbonyl (C=O) groups is 2. The van der Waals surface area contributed by atoms with E-state index in [2.05, 4.69) is 5.32 Å². The van der Waals surface area contributed by atoms with Crippen LogP contribution in [-0.4, -0.2) is 54.2 Å². The number of esters is 1. The van der Waals surface area contributed by atoms with Crippen molar-refractivity contribution >= 4 is 11.9 Å². The van der Waals surface area contributed by atoms with Crippen LogP contribution in [0.4, 0.5) is 0 Å². The number of piperidine rings is 1. The Bertz CT molecular complexity index is 484. The van der Waals surface area contributed by atoms with Crippen LogP contribution in [0.25, 0.3) is 0 Å². The van der Waals surface area contributed by atoms with E-state index in [0.29, 0.717) is 6.61 Å². The van der Waals surface area contributed by atoms with Crippen molar-refractivity contribution in [2.75, 3.05) is 26.2 Å². The number of nitrogens with zero attached hydrogens (tertiary/aromatic N) is 1. The molecule has 1 fully saturated rings. The summed E-state index contributed by atoms with van der Waals surface area (Å²) < 4.78 is 5.20. The van der Waals surface area contributed by atoms with E-state index < -0.39 is 5.97 Å². The van der Waals surface area contributed by atoms with Crippen LogP contribution in [0.5, 0.6) is 0 Å². The topological polar surface area (TPSA) is 78.9 Å². The van der Waals surface area contributed by atoms with E-state index >= 15 is 0 Å². The second-order valence-corrected chi connectivity index (χ2v) is 5.47. The Kier molecular flexibility index (Phi) is 6.36. The van der Waals surface area contributed by atoms with Crippen molar-refractivity contribution in [3.8, 4) is 0 Å². The average molecular weight is 306 g/mol. The molecule has 22 heavy (non-hydrogen) atoms. The van der Waals surface area contributed by atoms with E-state index in [1.54, 1.807) is 0 Å². The molecular formula is C16H22N2O4. The maximum absolute atomic E-state index is 11.7. The maximum atomic E-state index is 11.7. The van der Waals surface area contributed by atoms with Gasteiger partial charge in [-0.3, -0.25) is 14.5 Å². The molecular weight excluding hydrogens is 284 g/mol. The van der Waals surface area contributed by atoms with Gasteiger partial charge in [-0.1, -0.05) is 30.3 Å². The predicted molar refractivity (Wildman–Crippen MR) is 81.3 cm³/mol. The minimum absolute atomic E-state index is 0.0891. The lowest BCUT2D eigenvalue weighted by Gasteiger charge is -2.31. The third kappa shape index (κ3) is 5.83. The Morgan fingerprint density at radius 1 is 1.23 bits per heavy atom. The monoisotopic (exact) mass is 306 g/mol. The lowest BCUT2D eigenvalue weighted by molar-refractivity contribution is -0.144. The molecule has 0 bridgehead atoms. The zero-order valence-electron chi connectivity index (χ0n) is 12.5. The quantitative estimate of drug-likeness (QED) is 0.728. The molecule has 1 saturated heterocycles. The van der Waals surface area contributed by atoms with E-state index in [-0.39, 0.29) is 25.1 Å². The molecule has 0 unspecified atom stereocenters. The number of carboxylic acid groups (broad SMARTS) is 1. The molecule has 2 rings (SSSR count). The summed E-state index contributed by atoms with van der Waals surface area (Å²) in [5, 5.41) is 11.9. The molecule has 1 aromatic carbocycles. The van der Waals surface area contributed by atoms with E-state index in [1.165, 1.54) is 0 Å². The molecule has 6 nitrogen and oxygen atoms in total. The SMILES string of the molecule is O=C(O)CN1CCC(NCC(=O)OCc2ccccc2)CC1. The summed E-state index contributed by atoms with van der Waals surface area (Å²) in [5.41, 5.74) is 0.970. The second-order valence-electron chi connectivity index (χ2n) is 5.47. The Morgan fingerprint density at radius 3 is 2.55 bits per heavy atom. The fraction of sp³-hybridized carbons (Fsp3) is 0.500. The number of aliphatic carboxylic acids is 1. The lowest BCUT2D eigenvalue weighted by Crippen LogP contribution is -2.45. The fourth-order valence-electron chi connectivity index (χ4n) is 2.50. The van der Waals surface area contributed by atoms with Crippen LogP contribution in [0.3, 0.4) is 0 Å². The largest absolute Gasteiger partial charge is 0.480 e. The zero-order valence-corrected chi connectivity index (χ0v) is 12.5. The molecule has 1 heterocycles. The highest BCUT2D eigenvalue weighted by Gasteiger charge is 2.20. The number of hydrogen-bond acceptors (Lipinski definition) is 5. The molecule has 1 aromatic rings. The van der Waals surface area contributed by atoms with Gasteiger partial charge >= 0.3 is 11.9 Å². The van der Waals surface area contributed by atoms with Gasteiger partial charge < -0.3 is 15.2 Å². The second kappa shape index (κ2) is 8.51. The molecule has 6 heteroatoms. The highest BCUT2D eigenvalue weighted by atomic mass is 16.5. The summed E-state index contributed by atoms with van der Waals surface area (Å²) in [6, 6.07) is 9.81. The number of hydrogen-bond donors (Lipinski definition) is 2. The molecule has 120 valence electrons. The van der Waals surface area contributed by atoms with Gasteiger partial charge in [-0.05, 0) is 18.4 Å². The van der Waals surface area contributed by atoms with Gasteiger partial charge in [0.2, 0.25) is 0 Å². The lowest BCUT2D eigenvalue weighted by atomic mass is 10.1. The molecule has 0 aromatic heterocycles. The number of carboxylic acids is 1. The standard InChI is InChI=1S/C16H22N2O4/c19-15(20)11-18-8-6-14(7-9-18)17-10-16(21)22-12-13-4-2-1-3-5-13/h1-5,14,17H,6-12H2,(H,19,20). The average Bonchev–Trinajstić information content (AvgIpc) is 2.53. The van der Waals surface area contributed by atoms with Crippen LogP contribution in [0, 0.1) is 0 Å². The highest BCUT2D eigenvalue weighted by molar-refractivity contribution is 5.71. The number of nitrogens with one attached hydrogen (secondary N) is 1. The summed E-state index contributed by atoms with van der Waals surface area (Å²) in [7, 11) is 0. The van der Waals surface area contributed by atoms with Crippen molar-refractivity contribution in [2.24, 2.45) is 0 Å². The Morgan fingerprint density at radius 2 is 1.91 bits per heavy atom. The highest BCUT2D eigenvalue weighted by Crippen LogP contribution is 2.09. The molecule has 1 aliphatic rings. The first-order valence-corrected chi connectivity index (χ1v) is 7.50. The normalized spacial score (nSPS) is 16.4. The van der Waals surface area contributed by atoms with Crippen LogP contribution in [0.2, 0.25) is 0 Å². The third-order valence-electron chi connectivity index (χ3n) is 3.72. The predicted octanol–water partition coefficient (Wildman–Crippen LogP) is 0.868. The summed E-state index contributed by atoms with van der Waals surface area (Å²) in [5.74, 6) is -1.06. The Labute approximate surface area is 130 Å². The van der Waals surface area contributed by atoms with Crippen molar-refractivity contribution < 1.29 is 19.4 Å². The van der Waals surface area contributed by atoms with Crippen LogP contribution in [-0.2, 0) is 20.9 Å². The minimum Gasteiger partial charge on any atom is -0.480 e. The van der Waals surface area contributed by atoms with Gasteiger partial charge in [0, 0.05) is 19.1 Å². The maximum Gasteiger partial charge on any atom is 0.320 e. The molecule has 0 saturated carbocycles. The van der Waals surface area contributed by atoms with Crippen molar-refractivity contribution in [2.45, 2.75) is 25.5 Å². The third-order valence-corrected chi connectivity index (χ3v) is 3.72. The van der Waals surface area contributed by atoms with Gasteiger partial charge in [-0.2, -0.15) is 0 Å². The fourth-order valence-corrected chi connectivity index (χ4v) is 2.50. The van der Waals surface area contributed by atoms with Gasteiger partial charge in [0.05, 0.1) is 13.1 Å². The van der Waals surface area contributed by atoms with Crippen molar-refractivity contribution in [1.82, 2.24) is 10.2 Å². The van der Waals surface area contributed by atoms with E-state index in [4.69, 9.17) is 9.84 Å². The minimum atomic E-state index is -0.795. The van der Waals surface area contributed by atoms with Crippen LogP contribution < -0.4 is 5.32 Å². The van der Waals surface area contributed by atoms with Crippen LogP contribution in [0.15, 0.2) is 30.3 Å². The van der Waals surface area contributed by atoms with Crippen molar-refractivity contribution in [3.63, 3.8) is 0 Å². The van der Waals surface area contributed by atoms with Crippen LogP contribution in [0.1, 0.15) is 18.4 Å². The van der Waals surface area contributed by atoms with E-state index in [9.17, 15) is 9.59 Å². The van der Waals surface area contributed by atoms with Gasteiger partial charge in [0.25, 0.3) is 0 Å². The summed E-state index contributed by atoms with van der Waals surface area (Å²) >= 11 is 0. The number of rotatable bonds is 7. The summed E-state index contributed by atoms with van der Waals surface area (Å²) in [6.45, 7) is 2.05. The first kappa shape index (κ1) is 16.5.